The Balaban J connectivity index is 1.83. The van der Waals surface area contributed by atoms with E-state index in [1.54, 1.807) is 7.11 Å². The lowest BCUT2D eigenvalue weighted by Gasteiger charge is -2.28. The van der Waals surface area contributed by atoms with E-state index in [4.69, 9.17) is 14.2 Å². The molecule has 1 rings (SSSR count). The van der Waals surface area contributed by atoms with Crippen molar-refractivity contribution in [3.63, 3.8) is 0 Å². The number of nitrogens with one attached hydrogen (secondary N) is 1. The monoisotopic (exact) mass is 261 g/mol. The van der Waals surface area contributed by atoms with Gasteiger partial charge in [-0.05, 0) is 12.8 Å². The predicted octanol–water partition coefficient (Wildman–Crippen LogP) is 0.559. The number of hydrogen-bond donors (Lipinski definition) is 2. The van der Waals surface area contributed by atoms with Crippen LogP contribution in [-0.4, -0.2) is 63.9 Å². The van der Waals surface area contributed by atoms with E-state index in [9.17, 15) is 5.11 Å². The maximum atomic E-state index is 9.76. The van der Waals surface area contributed by atoms with Crippen molar-refractivity contribution < 1.29 is 19.3 Å². The van der Waals surface area contributed by atoms with Gasteiger partial charge in [-0.15, -0.1) is 0 Å². The Kier molecular flexibility index (Phi) is 9.42. The van der Waals surface area contributed by atoms with E-state index in [2.05, 4.69) is 5.32 Å². The first-order chi connectivity index (χ1) is 8.84. The fourth-order valence-electron chi connectivity index (χ4n) is 2.13. The van der Waals surface area contributed by atoms with E-state index < -0.39 is 0 Å². The maximum Gasteiger partial charge on any atom is 0.0701 e. The topological polar surface area (TPSA) is 60.0 Å². The number of methoxy groups -OCH3 is 1. The summed E-state index contributed by atoms with van der Waals surface area (Å²) in [5.41, 5.74) is 0. The Morgan fingerprint density at radius 2 is 1.67 bits per heavy atom. The number of aliphatic hydroxyl groups excluding tert-OH is 1. The molecule has 0 aromatic carbocycles. The van der Waals surface area contributed by atoms with Gasteiger partial charge in [0.15, 0.2) is 0 Å². The van der Waals surface area contributed by atoms with Crippen LogP contribution < -0.4 is 5.32 Å². The molecular formula is C13H27NO4. The Morgan fingerprint density at radius 3 is 2.39 bits per heavy atom. The predicted molar refractivity (Wildman–Crippen MR) is 69.8 cm³/mol. The average Bonchev–Trinajstić information content (AvgIpc) is 2.39. The minimum atomic E-state index is -0.184. The molecule has 0 heterocycles. The Hall–Kier alpha value is -0.200. The van der Waals surface area contributed by atoms with Crippen molar-refractivity contribution in [1.29, 1.82) is 0 Å². The summed E-state index contributed by atoms with van der Waals surface area (Å²) in [7, 11) is 1.66. The minimum Gasteiger partial charge on any atom is -0.392 e. The molecule has 18 heavy (non-hydrogen) atoms. The van der Waals surface area contributed by atoms with Gasteiger partial charge in [0.1, 0.15) is 0 Å². The SMILES string of the molecule is COCCOCCOCCNC1CCCCC1O. The van der Waals surface area contributed by atoms with Crippen molar-refractivity contribution in [2.24, 2.45) is 0 Å². The number of rotatable bonds is 10. The molecule has 1 aliphatic rings. The second kappa shape index (κ2) is 10.7. The molecule has 0 bridgehead atoms. The fourth-order valence-corrected chi connectivity index (χ4v) is 2.13. The number of ether oxygens (including phenoxy) is 3. The third kappa shape index (κ3) is 7.28. The van der Waals surface area contributed by atoms with E-state index in [0.717, 1.165) is 25.8 Å². The summed E-state index contributed by atoms with van der Waals surface area (Å²) in [6, 6.07) is 0.250. The Labute approximate surface area is 110 Å². The van der Waals surface area contributed by atoms with Gasteiger partial charge < -0.3 is 24.6 Å². The third-order valence-corrected chi connectivity index (χ3v) is 3.19. The molecule has 0 amide bonds. The van der Waals surface area contributed by atoms with Crippen LogP contribution in [0.25, 0.3) is 0 Å². The molecule has 0 aliphatic heterocycles. The van der Waals surface area contributed by atoms with Crippen molar-refractivity contribution in [2.45, 2.75) is 37.8 Å². The zero-order valence-corrected chi connectivity index (χ0v) is 11.4. The molecule has 1 aliphatic carbocycles. The van der Waals surface area contributed by atoms with Gasteiger partial charge in [0, 0.05) is 19.7 Å². The van der Waals surface area contributed by atoms with Crippen molar-refractivity contribution >= 4 is 0 Å². The first kappa shape index (κ1) is 15.9. The highest BCUT2D eigenvalue weighted by atomic mass is 16.5. The van der Waals surface area contributed by atoms with Crippen molar-refractivity contribution in [2.75, 3.05) is 46.7 Å². The summed E-state index contributed by atoms with van der Waals surface area (Å²) in [5, 5.41) is 13.1. The first-order valence-electron chi connectivity index (χ1n) is 6.90. The first-order valence-corrected chi connectivity index (χ1v) is 6.90. The molecule has 1 fully saturated rings. The zero-order valence-electron chi connectivity index (χ0n) is 11.4. The number of aliphatic hydroxyl groups is 1. The van der Waals surface area contributed by atoms with Crippen molar-refractivity contribution in [3.05, 3.63) is 0 Å². The smallest absolute Gasteiger partial charge is 0.0701 e. The molecule has 2 atom stereocenters. The van der Waals surface area contributed by atoms with Gasteiger partial charge in [-0.25, -0.2) is 0 Å². The van der Waals surface area contributed by atoms with Gasteiger partial charge in [-0.2, -0.15) is 0 Å². The third-order valence-electron chi connectivity index (χ3n) is 3.19. The Morgan fingerprint density at radius 1 is 1.00 bits per heavy atom. The van der Waals surface area contributed by atoms with Crippen LogP contribution in [0, 0.1) is 0 Å². The quantitative estimate of drug-likeness (QED) is 0.563. The van der Waals surface area contributed by atoms with Gasteiger partial charge in [0.05, 0.1) is 39.1 Å². The summed E-state index contributed by atoms with van der Waals surface area (Å²) >= 11 is 0. The Bertz CT molecular complexity index is 192. The second-order valence-corrected chi connectivity index (χ2v) is 4.63. The van der Waals surface area contributed by atoms with Crippen LogP contribution in [0.4, 0.5) is 0 Å². The van der Waals surface area contributed by atoms with Crippen molar-refractivity contribution in [1.82, 2.24) is 5.32 Å². The molecule has 2 unspecified atom stereocenters. The molecule has 1 saturated carbocycles. The molecule has 0 aromatic heterocycles. The van der Waals surface area contributed by atoms with Crippen LogP contribution in [0.5, 0.6) is 0 Å². The fraction of sp³-hybridized carbons (Fsp3) is 1.00. The number of hydrogen-bond acceptors (Lipinski definition) is 5. The van der Waals surface area contributed by atoms with E-state index in [1.807, 2.05) is 0 Å². The van der Waals surface area contributed by atoms with Gasteiger partial charge in [-0.3, -0.25) is 0 Å². The zero-order chi connectivity index (χ0) is 13.1. The van der Waals surface area contributed by atoms with Crippen LogP contribution in [0.1, 0.15) is 25.7 Å². The van der Waals surface area contributed by atoms with Crippen LogP contribution in [0.3, 0.4) is 0 Å². The largest absolute Gasteiger partial charge is 0.392 e. The lowest BCUT2D eigenvalue weighted by atomic mass is 9.93. The molecule has 2 N–H and O–H groups in total. The van der Waals surface area contributed by atoms with Gasteiger partial charge in [0.2, 0.25) is 0 Å². The molecule has 108 valence electrons. The highest BCUT2D eigenvalue weighted by Crippen LogP contribution is 2.17. The van der Waals surface area contributed by atoms with Gasteiger partial charge in [-0.1, -0.05) is 12.8 Å². The molecule has 5 heteroatoms. The highest BCUT2D eigenvalue weighted by Gasteiger charge is 2.21. The summed E-state index contributed by atoms with van der Waals surface area (Å²) in [5.74, 6) is 0. The van der Waals surface area contributed by atoms with Crippen LogP contribution in [0.15, 0.2) is 0 Å². The lowest BCUT2D eigenvalue weighted by molar-refractivity contribution is 0.0231. The van der Waals surface area contributed by atoms with E-state index in [0.29, 0.717) is 33.0 Å². The molecule has 0 aromatic rings. The summed E-state index contributed by atoms with van der Waals surface area (Å²) in [4.78, 5) is 0. The second-order valence-electron chi connectivity index (χ2n) is 4.63. The van der Waals surface area contributed by atoms with Gasteiger partial charge >= 0.3 is 0 Å². The summed E-state index contributed by atoms with van der Waals surface area (Å²) < 4.78 is 15.6. The molecule has 0 radical (unpaired) electrons. The van der Waals surface area contributed by atoms with E-state index in [-0.39, 0.29) is 12.1 Å². The average molecular weight is 261 g/mol. The molecule has 5 nitrogen and oxygen atoms in total. The van der Waals surface area contributed by atoms with Crippen molar-refractivity contribution in [3.8, 4) is 0 Å². The van der Waals surface area contributed by atoms with E-state index >= 15 is 0 Å². The minimum absolute atomic E-state index is 0.184. The van der Waals surface area contributed by atoms with Crippen LogP contribution in [0.2, 0.25) is 0 Å². The highest BCUT2D eigenvalue weighted by molar-refractivity contribution is 4.79. The van der Waals surface area contributed by atoms with Crippen LogP contribution >= 0.6 is 0 Å². The van der Waals surface area contributed by atoms with Gasteiger partial charge in [0.25, 0.3) is 0 Å². The molecular weight excluding hydrogens is 234 g/mol. The normalized spacial score (nSPS) is 24.3. The summed E-state index contributed by atoms with van der Waals surface area (Å²) in [6.07, 6.45) is 4.17. The summed E-state index contributed by atoms with van der Waals surface area (Å²) in [6.45, 7) is 3.91. The van der Waals surface area contributed by atoms with E-state index in [1.165, 1.54) is 6.42 Å². The lowest BCUT2D eigenvalue weighted by Crippen LogP contribution is -2.43. The standard InChI is InChI=1S/C13H27NO4/c1-16-8-9-18-11-10-17-7-6-14-12-4-2-3-5-13(12)15/h12-15H,2-11H2,1H3. The molecule has 0 spiro atoms. The molecule has 0 saturated heterocycles. The maximum absolute atomic E-state index is 9.76. The van der Waals surface area contributed by atoms with Crippen LogP contribution in [-0.2, 0) is 14.2 Å².